The molecule has 0 heterocycles. The highest BCUT2D eigenvalue weighted by Crippen LogP contribution is 2.12. The summed E-state index contributed by atoms with van der Waals surface area (Å²) in [5.74, 6) is -2.34. The molecular weight excluding hydrogens is 755 g/mol. The van der Waals surface area contributed by atoms with E-state index in [-0.39, 0.29) is 38.6 Å². The third kappa shape index (κ3) is 42.6. The van der Waals surface area contributed by atoms with E-state index >= 15 is 0 Å². The molecule has 0 saturated heterocycles. The molecule has 0 aromatic carbocycles. The molecule has 0 fully saturated rings. The van der Waals surface area contributed by atoms with Crippen molar-refractivity contribution in [2.24, 2.45) is 0 Å². The summed E-state index contributed by atoms with van der Waals surface area (Å²) in [4.78, 5) is 37.0. The van der Waals surface area contributed by atoms with Crippen molar-refractivity contribution in [2.45, 2.75) is 174 Å². The van der Waals surface area contributed by atoms with E-state index < -0.39 is 24.3 Å². The summed E-state index contributed by atoms with van der Waals surface area (Å²) in [5, 5.41) is 11.7. The zero-order valence-corrected chi connectivity index (χ0v) is 38.5. The Morgan fingerprint density at radius 3 is 1.43 bits per heavy atom. The maximum Gasteiger partial charge on any atom is 0.306 e. The van der Waals surface area contributed by atoms with Gasteiger partial charge in [-0.1, -0.05) is 144 Å². The van der Waals surface area contributed by atoms with Crippen molar-refractivity contribution in [3.8, 4) is 0 Å². The number of carboxylic acid groups (broad SMARTS) is 1. The monoisotopic (exact) mass is 840 g/mol. The highest BCUT2D eigenvalue weighted by molar-refractivity contribution is 5.70. The molecule has 0 spiro atoms. The predicted octanol–water partition coefficient (Wildman–Crippen LogP) is 11.2. The first-order valence-corrected chi connectivity index (χ1v) is 23.2. The van der Waals surface area contributed by atoms with E-state index in [9.17, 15) is 19.5 Å². The van der Waals surface area contributed by atoms with Crippen LogP contribution in [0.25, 0.3) is 0 Å². The van der Waals surface area contributed by atoms with Crippen LogP contribution in [-0.4, -0.2) is 82.3 Å². The van der Waals surface area contributed by atoms with E-state index in [1.165, 1.54) is 19.3 Å². The van der Waals surface area contributed by atoms with Gasteiger partial charge in [-0.25, -0.2) is 0 Å². The molecule has 0 radical (unpaired) electrons. The molecule has 0 saturated carbocycles. The van der Waals surface area contributed by atoms with Gasteiger partial charge in [0.05, 0.1) is 40.3 Å². The van der Waals surface area contributed by atoms with Crippen molar-refractivity contribution in [1.82, 2.24) is 0 Å². The fourth-order valence-electron chi connectivity index (χ4n) is 5.77. The van der Waals surface area contributed by atoms with Gasteiger partial charge in [-0.3, -0.25) is 9.59 Å². The van der Waals surface area contributed by atoms with Gasteiger partial charge in [0.2, 0.25) is 0 Å². The third-order valence-electron chi connectivity index (χ3n) is 9.38. The summed E-state index contributed by atoms with van der Waals surface area (Å²) in [5.41, 5.74) is 0. The number of carbonyl (C=O) groups excluding carboxylic acids is 3. The number of unbranched alkanes of at least 4 members (excludes halogenated alkanes) is 12. The quantitative estimate of drug-likeness (QED) is 0.0197. The van der Waals surface area contributed by atoms with E-state index in [0.717, 1.165) is 109 Å². The third-order valence-corrected chi connectivity index (χ3v) is 9.38. The first-order chi connectivity index (χ1) is 29.1. The molecule has 9 nitrogen and oxygen atoms in total. The summed E-state index contributed by atoms with van der Waals surface area (Å²) in [7, 11) is 5.89. The molecule has 0 aliphatic rings. The number of carbonyl (C=O) groups is 3. The average Bonchev–Trinajstić information content (AvgIpc) is 3.21. The maximum atomic E-state index is 12.8. The molecule has 2 unspecified atom stereocenters. The van der Waals surface area contributed by atoms with Gasteiger partial charge < -0.3 is 33.3 Å². The molecule has 2 atom stereocenters. The number of ether oxygens (including phenoxy) is 4. The smallest absolute Gasteiger partial charge is 0.306 e. The Kier molecular flexibility index (Phi) is 39.7. The summed E-state index contributed by atoms with van der Waals surface area (Å²) in [6.07, 6.45) is 50.4. The van der Waals surface area contributed by atoms with Crippen LogP contribution in [-0.2, 0) is 33.3 Å². The number of nitrogens with zero attached hydrogens (tertiary/aromatic N) is 1. The van der Waals surface area contributed by atoms with Crippen molar-refractivity contribution >= 4 is 17.9 Å². The van der Waals surface area contributed by atoms with E-state index in [1.54, 1.807) is 0 Å². The Morgan fingerprint density at radius 2 is 0.950 bits per heavy atom. The lowest BCUT2D eigenvalue weighted by molar-refractivity contribution is -0.870. The number of rotatable bonds is 41. The van der Waals surface area contributed by atoms with Gasteiger partial charge >= 0.3 is 11.9 Å². The topological polar surface area (TPSA) is 111 Å². The molecule has 0 aliphatic heterocycles. The first kappa shape index (κ1) is 56.5. The van der Waals surface area contributed by atoms with Gasteiger partial charge in [-0.05, 0) is 89.9 Å². The second-order valence-corrected chi connectivity index (χ2v) is 16.3. The average molecular weight is 840 g/mol. The second-order valence-electron chi connectivity index (χ2n) is 16.3. The molecule has 0 N–H and O–H groups in total. The van der Waals surface area contributed by atoms with Crippen molar-refractivity contribution in [3.63, 3.8) is 0 Å². The predicted molar refractivity (Wildman–Crippen MR) is 246 cm³/mol. The highest BCUT2D eigenvalue weighted by atomic mass is 16.7. The van der Waals surface area contributed by atoms with E-state index in [1.807, 2.05) is 21.1 Å². The summed E-state index contributed by atoms with van der Waals surface area (Å²) < 4.78 is 22.5. The van der Waals surface area contributed by atoms with E-state index in [2.05, 4.69) is 98.9 Å². The molecule has 0 aliphatic carbocycles. The van der Waals surface area contributed by atoms with Crippen LogP contribution < -0.4 is 5.11 Å². The van der Waals surface area contributed by atoms with Gasteiger partial charge in [0.15, 0.2) is 12.4 Å². The normalized spacial score (nSPS) is 13.7. The fourth-order valence-corrected chi connectivity index (χ4v) is 5.77. The summed E-state index contributed by atoms with van der Waals surface area (Å²) >= 11 is 0. The van der Waals surface area contributed by atoms with Crippen LogP contribution in [0.3, 0.4) is 0 Å². The molecule has 0 aromatic heterocycles. The summed E-state index contributed by atoms with van der Waals surface area (Å²) in [6, 6.07) is 0. The highest BCUT2D eigenvalue weighted by Gasteiger charge is 2.21. The Hall–Kier alpha value is -3.53. The van der Waals surface area contributed by atoms with Gasteiger partial charge in [0.1, 0.15) is 13.2 Å². The maximum absolute atomic E-state index is 12.8. The Morgan fingerprint density at radius 1 is 0.517 bits per heavy atom. The lowest BCUT2D eigenvalue weighted by Crippen LogP contribution is -2.44. The Balaban J connectivity index is 4.47. The number of hydrogen-bond donors (Lipinski definition) is 0. The lowest BCUT2D eigenvalue weighted by atomic mass is 10.1. The van der Waals surface area contributed by atoms with Crippen LogP contribution >= 0.6 is 0 Å². The van der Waals surface area contributed by atoms with E-state index in [0.29, 0.717) is 17.4 Å². The number of allylic oxidation sites excluding steroid dienone is 14. The second kappa shape index (κ2) is 42.2. The van der Waals surface area contributed by atoms with Gasteiger partial charge in [0, 0.05) is 12.8 Å². The van der Waals surface area contributed by atoms with Crippen LogP contribution in [0, 0.1) is 0 Å². The number of aliphatic carboxylic acids is 1. The molecule has 342 valence electrons. The van der Waals surface area contributed by atoms with Gasteiger partial charge in [0.25, 0.3) is 0 Å². The standard InChI is InChI=1S/C51H85NO8/c1-6-8-10-12-14-16-18-20-21-22-23-24-25-26-27-28-29-30-32-34-36-38-40-42-49(54)60-47(46-59-51(50(55)56)57-44-43-52(3,4)5)45-58-48(53)41-39-37-35-33-31-19-17-15-13-11-9-7-2/h8,10,14-17,20-21,23-24,26-27,29-30,47,51H,6-7,9,11-13,18-19,22,25,28,31-46H2,1-5H3/b10-8-,16-14-,17-15-,21-20-,24-23-,27-26-,30-29-. The van der Waals surface area contributed by atoms with Crippen molar-refractivity contribution in [3.05, 3.63) is 85.1 Å². The minimum Gasteiger partial charge on any atom is -0.545 e. The molecule has 0 bridgehead atoms. The molecule has 0 aromatic rings. The molecule has 9 heteroatoms. The molecular formula is C51H85NO8. The largest absolute Gasteiger partial charge is 0.545 e. The molecule has 0 rings (SSSR count). The van der Waals surface area contributed by atoms with E-state index in [4.69, 9.17) is 18.9 Å². The van der Waals surface area contributed by atoms with Crippen LogP contribution in [0.1, 0.15) is 162 Å². The van der Waals surface area contributed by atoms with Crippen LogP contribution in [0.15, 0.2) is 85.1 Å². The number of quaternary nitrogens is 1. The van der Waals surface area contributed by atoms with Crippen molar-refractivity contribution in [1.29, 1.82) is 0 Å². The minimum absolute atomic E-state index is 0.136. The van der Waals surface area contributed by atoms with Crippen molar-refractivity contribution < 1.29 is 42.9 Å². The Bertz CT molecular complexity index is 1260. The SMILES string of the molecule is CC/C=C\C/C=C\C/C=C\C/C=C\C/C=C\C/C=C\CCCCCCC(=O)OC(COC(=O)CCCCCCC/C=C\CCCCC)COC(OCC[N+](C)(C)C)C(=O)[O-]. The van der Waals surface area contributed by atoms with Crippen LogP contribution in [0.4, 0.5) is 0 Å². The zero-order valence-electron chi connectivity index (χ0n) is 38.5. The van der Waals surface area contributed by atoms with Gasteiger partial charge in [-0.2, -0.15) is 0 Å². The fraction of sp³-hybridized carbons (Fsp3) is 0.667. The van der Waals surface area contributed by atoms with Gasteiger partial charge in [-0.15, -0.1) is 0 Å². The Labute approximate surface area is 366 Å². The summed E-state index contributed by atoms with van der Waals surface area (Å²) in [6.45, 7) is 4.53. The molecule has 0 amide bonds. The van der Waals surface area contributed by atoms with Crippen LogP contribution in [0.5, 0.6) is 0 Å². The minimum atomic E-state index is -1.63. The molecule has 60 heavy (non-hydrogen) atoms. The number of esters is 2. The van der Waals surface area contributed by atoms with Crippen LogP contribution in [0.2, 0.25) is 0 Å². The lowest BCUT2D eigenvalue weighted by Gasteiger charge is -2.26. The number of hydrogen-bond acceptors (Lipinski definition) is 8. The number of carboxylic acids is 1. The van der Waals surface area contributed by atoms with Crippen molar-refractivity contribution in [2.75, 3.05) is 47.5 Å². The number of likely N-dealkylation sites (N-methyl/N-ethyl adjacent to an activating group) is 1. The zero-order chi connectivity index (χ0) is 44.2. The first-order valence-electron chi connectivity index (χ1n) is 23.2.